The molecule has 0 aromatic heterocycles. The lowest BCUT2D eigenvalue weighted by Crippen LogP contribution is -2.23. The monoisotopic (exact) mass is 522 g/mol. The van der Waals surface area contributed by atoms with E-state index in [0.29, 0.717) is 45.5 Å². The van der Waals surface area contributed by atoms with Crippen LogP contribution in [0.15, 0.2) is 76.6 Å². The lowest BCUT2D eigenvalue weighted by Gasteiger charge is -2.13. The molecule has 1 amide bonds. The molecular formula is C27H23ClN2O5S. The van der Waals surface area contributed by atoms with E-state index in [1.54, 1.807) is 31.3 Å². The molecule has 1 aliphatic heterocycles. The van der Waals surface area contributed by atoms with Crippen LogP contribution in [0.3, 0.4) is 0 Å². The Hall–Kier alpha value is -3.75. The topological polar surface area (TPSA) is 88.4 Å². The number of aromatic carboxylic acids is 1. The van der Waals surface area contributed by atoms with Crippen molar-refractivity contribution in [3.63, 3.8) is 0 Å². The number of aliphatic imine (C=N–C) groups is 1. The van der Waals surface area contributed by atoms with Crippen molar-refractivity contribution in [3.05, 3.63) is 93.3 Å². The first-order chi connectivity index (χ1) is 17.4. The van der Waals surface area contributed by atoms with Crippen LogP contribution in [-0.4, -0.2) is 40.7 Å². The van der Waals surface area contributed by atoms with Crippen molar-refractivity contribution in [2.45, 2.75) is 13.5 Å². The van der Waals surface area contributed by atoms with Gasteiger partial charge >= 0.3 is 5.97 Å². The van der Waals surface area contributed by atoms with E-state index < -0.39 is 5.97 Å². The first kappa shape index (κ1) is 25.3. The van der Waals surface area contributed by atoms with Crippen LogP contribution in [0, 0.1) is 0 Å². The number of carboxylic acid groups (broad SMARTS) is 1. The average molecular weight is 523 g/mol. The SMILES string of the molecule is CCOc1cc(/C=C2\SC(=Nc3cccc(C(=O)O)c3)N(C)C2=O)ccc1OCc1ccccc1Cl. The molecule has 0 saturated carbocycles. The number of ether oxygens (including phenoxy) is 2. The number of thioether (sulfide) groups is 1. The fourth-order valence-corrected chi connectivity index (χ4v) is 4.57. The van der Waals surface area contributed by atoms with Crippen molar-refractivity contribution in [3.8, 4) is 11.5 Å². The second kappa shape index (κ2) is 11.3. The van der Waals surface area contributed by atoms with E-state index in [1.807, 2.05) is 43.3 Å². The second-order valence-electron chi connectivity index (χ2n) is 7.74. The number of amidine groups is 1. The molecule has 1 aliphatic rings. The summed E-state index contributed by atoms with van der Waals surface area (Å²) < 4.78 is 11.7. The first-order valence-corrected chi connectivity index (χ1v) is 12.3. The Morgan fingerprint density at radius 2 is 1.89 bits per heavy atom. The largest absolute Gasteiger partial charge is 0.490 e. The maximum absolute atomic E-state index is 12.8. The minimum atomic E-state index is -1.04. The van der Waals surface area contributed by atoms with E-state index >= 15 is 0 Å². The zero-order valence-electron chi connectivity index (χ0n) is 19.6. The summed E-state index contributed by atoms with van der Waals surface area (Å²) in [6.07, 6.45) is 1.76. The van der Waals surface area contributed by atoms with Gasteiger partial charge in [0, 0.05) is 17.6 Å². The smallest absolute Gasteiger partial charge is 0.335 e. The Morgan fingerprint density at radius 3 is 2.64 bits per heavy atom. The van der Waals surface area contributed by atoms with Crippen LogP contribution in [0.1, 0.15) is 28.4 Å². The summed E-state index contributed by atoms with van der Waals surface area (Å²) in [6, 6.07) is 19.2. The molecule has 1 heterocycles. The van der Waals surface area contributed by atoms with Crippen molar-refractivity contribution in [1.29, 1.82) is 0 Å². The van der Waals surface area contributed by atoms with Gasteiger partial charge < -0.3 is 14.6 Å². The summed E-state index contributed by atoms with van der Waals surface area (Å²) in [5.41, 5.74) is 2.22. The maximum Gasteiger partial charge on any atom is 0.335 e. The molecule has 0 atom stereocenters. The van der Waals surface area contributed by atoms with Gasteiger partial charge in [0.15, 0.2) is 16.7 Å². The van der Waals surface area contributed by atoms with Crippen molar-refractivity contribution in [2.75, 3.05) is 13.7 Å². The third kappa shape index (κ3) is 5.90. The van der Waals surface area contributed by atoms with Gasteiger partial charge in [-0.25, -0.2) is 9.79 Å². The number of benzene rings is 3. The number of hydrogen-bond acceptors (Lipinski definition) is 6. The highest BCUT2D eigenvalue weighted by Crippen LogP contribution is 2.35. The van der Waals surface area contributed by atoms with Crippen LogP contribution in [0.5, 0.6) is 11.5 Å². The summed E-state index contributed by atoms with van der Waals surface area (Å²) in [6.45, 7) is 2.63. The number of carboxylic acids is 1. The molecule has 1 saturated heterocycles. The van der Waals surface area contributed by atoms with Crippen molar-refractivity contribution in [2.24, 2.45) is 4.99 Å². The highest BCUT2D eigenvalue weighted by Gasteiger charge is 2.30. The highest BCUT2D eigenvalue weighted by molar-refractivity contribution is 8.18. The number of amides is 1. The second-order valence-corrected chi connectivity index (χ2v) is 9.16. The van der Waals surface area contributed by atoms with Gasteiger partial charge in [0.05, 0.1) is 22.8 Å². The Bertz CT molecular complexity index is 1370. The predicted molar refractivity (Wildman–Crippen MR) is 142 cm³/mol. The molecule has 3 aromatic carbocycles. The molecule has 4 rings (SSSR count). The number of carbonyl (C=O) groups excluding carboxylic acids is 1. The van der Waals surface area contributed by atoms with Crippen molar-refractivity contribution < 1.29 is 24.2 Å². The number of likely N-dealkylation sites (N-methyl/N-ethyl adjacent to an activating group) is 1. The zero-order chi connectivity index (χ0) is 25.7. The van der Waals surface area contributed by atoms with Crippen molar-refractivity contribution >= 4 is 52.2 Å². The standard InChI is InChI=1S/C27H23ClN2O5S/c1-3-34-23-13-17(11-12-22(23)35-16-19-7-4-5-10-21(19)28)14-24-25(31)30(2)27(36-24)29-20-9-6-8-18(15-20)26(32)33/h4-15H,3,16H2,1-2H3,(H,32,33)/b24-14-,29-27?. The number of hydrogen-bond donors (Lipinski definition) is 1. The molecule has 0 aliphatic carbocycles. The molecule has 1 N–H and O–H groups in total. The van der Waals surface area contributed by atoms with Gasteiger partial charge in [0.25, 0.3) is 5.91 Å². The molecule has 1 fully saturated rings. The van der Waals surface area contributed by atoms with Crippen LogP contribution < -0.4 is 9.47 Å². The van der Waals surface area contributed by atoms with Gasteiger partial charge in [-0.2, -0.15) is 0 Å². The molecular weight excluding hydrogens is 500 g/mol. The Morgan fingerprint density at radius 1 is 1.08 bits per heavy atom. The fourth-order valence-electron chi connectivity index (χ4n) is 3.39. The van der Waals surface area contributed by atoms with E-state index in [1.165, 1.54) is 28.8 Å². The number of rotatable bonds is 8. The van der Waals surface area contributed by atoms with Crippen LogP contribution in [0.25, 0.3) is 6.08 Å². The quantitative estimate of drug-likeness (QED) is 0.352. The number of carbonyl (C=O) groups is 2. The summed E-state index contributed by atoms with van der Waals surface area (Å²) in [5.74, 6) is -0.111. The molecule has 0 spiro atoms. The van der Waals surface area contributed by atoms with Crippen LogP contribution in [-0.2, 0) is 11.4 Å². The molecule has 0 radical (unpaired) electrons. The van der Waals surface area contributed by atoms with E-state index in [0.717, 1.165) is 11.1 Å². The van der Waals surface area contributed by atoms with E-state index in [9.17, 15) is 14.7 Å². The lowest BCUT2D eigenvalue weighted by molar-refractivity contribution is -0.121. The Balaban J connectivity index is 1.55. The average Bonchev–Trinajstić information content (AvgIpc) is 3.12. The zero-order valence-corrected chi connectivity index (χ0v) is 21.2. The van der Waals surface area contributed by atoms with Crippen molar-refractivity contribution in [1.82, 2.24) is 4.90 Å². The Kier molecular flexibility index (Phi) is 7.97. The van der Waals surface area contributed by atoms with E-state index in [-0.39, 0.29) is 11.5 Å². The van der Waals surface area contributed by atoms with Crippen LogP contribution in [0.2, 0.25) is 5.02 Å². The summed E-state index contributed by atoms with van der Waals surface area (Å²) in [7, 11) is 1.63. The molecule has 3 aromatic rings. The Labute approximate surface area is 218 Å². The van der Waals surface area contributed by atoms with E-state index in [4.69, 9.17) is 21.1 Å². The normalized spacial score (nSPS) is 15.5. The molecule has 184 valence electrons. The third-order valence-corrected chi connectivity index (χ3v) is 6.66. The van der Waals surface area contributed by atoms with Gasteiger partial charge in [-0.15, -0.1) is 0 Å². The highest BCUT2D eigenvalue weighted by atomic mass is 35.5. The molecule has 0 unspecified atom stereocenters. The van der Waals surface area contributed by atoms with Crippen LogP contribution >= 0.6 is 23.4 Å². The molecule has 0 bridgehead atoms. The lowest BCUT2D eigenvalue weighted by atomic mass is 10.1. The number of nitrogens with zero attached hydrogens (tertiary/aromatic N) is 2. The molecule has 9 heteroatoms. The fraction of sp³-hybridized carbons (Fsp3) is 0.148. The first-order valence-electron chi connectivity index (χ1n) is 11.1. The van der Waals surface area contributed by atoms with Crippen LogP contribution in [0.4, 0.5) is 5.69 Å². The molecule has 7 nitrogen and oxygen atoms in total. The maximum atomic E-state index is 12.8. The van der Waals surface area contributed by atoms with Gasteiger partial charge in [0.1, 0.15) is 6.61 Å². The minimum absolute atomic E-state index is 0.130. The third-order valence-electron chi connectivity index (χ3n) is 5.23. The number of halogens is 1. The predicted octanol–water partition coefficient (Wildman–Crippen LogP) is 6.25. The van der Waals surface area contributed by atoms with Gasteiger partial charge in [-0.3, -0.25) is 9.69 Å². The summed E-state index contributed by atoms with van der Waals surface area (Å²) in [5, 5.41) is 10.3. The van der Waals surface area contributed by atoms with E-state index in [2.05, 4.69) is 4.99 Å². The summed E-state index contributed by atoms with van der Waals surface area (Å²) >= 11 is 7.45. The summed E-state index contributed by atoms with van der Waals surface area (Å²) in [4.78, 5) is 30.5. The minimum Gasteiger partial charge on any atom is -0.490 e. The molecule has 36 heavy (non-hydrogen) atoms. The van der Waals surface area contributed by atoms with Gasteiger partial charge in [-0.05, 0) is 66.7 Å². The van der Waals surface area contributed by atoms with Gasteiger partial charge in [0.2, 0.25) is 0 Å². The van der Waals surface area contributed by atoms with Gasteiger partial charge in [-0.1, -0.05) is 41.9 Å².